The van der Waals surface area contributed by atoms with Crippen molar-refractivity contribution in [3.8, 4) is 5.75 Å². The molecule has 2 rings (SSSR count). The van der Waals surface area contributed by atoms with Crippen LogP contribution in [0.4, 0.5) is 0 Å². The maximum atomic E-state index is 10.9. The van der Waals surface area contributed by atoms with Gasteiger partial charge in [0.25, 0.3) is 0 Å². The van der Waals surface area contributed by atoms with Crippen molar-refractivity contribution in [3.05, 3.63) is 23.9 Å². The van der Waals surface area contributed by atoms with Gasteiger partial charge in [-0.3, -0.25) is 9.48 Å². The number of nitrogens with zero attached hydrogens (tertiary/aromatic N) is 2. The molecule has 17 heavy (non-hydrogen) atoms. The maximum Gasteiger partial charge on any atom is 0.309 e. The molecule has 0 aliphatic carbocycles. The van der Waals surface area contributed by atoms with Gasteiger partial charge in [-0.1, -0.05) is 12.1 Å². The first kappa shape index (κ1) is 11.4. The van der Waals surface area contributed by atoms with Gasteiger partial charge >= 0.3 is 5.97 Å². The SMILES string of the molecule is CC(C)n1nc2c(O)cccc2c1CC(=O)O. The highest BCUT2D eigenvalue weighted by Gasteiger charge is 2.17. The van der Waals surface area contributed by atoms with Crippen LogP contribution in [0.5, 0.6) is 5.75 Å². The molecule has 0 atom stereocenters. The molecule has 2 aromatic rings. The van der Waals surface area contributed by atoms with Crippen LogP contribution in [0.2, 0.25) is 0 Å². The van der Waals surface area contributed by atoms with Crippen molar-refractivity contribution in [1.29, 1.82) is 0 Å². The molecule has 0 bridgehead atoms. The maximum absolute atomic E-state index is 10.9. The number of aliphatic carboxylic acids is 1. The van der Waals surface area contributed by atoms with Crippen LogP contribution in [-0.4, -0.2) is 26.0 Å². The van der Waals surface area contributed by atoms with Gasteiger partial charge in [-0.05, 0) is 19.9 Å². The normalized spacial score (nSPS) is 11.2. The monoisotopic (exact) mass is 234 g/mol. The zero-order chi connectivity index (χ0) is 12.6. The Kier molecular flexibility index (Phi) is 2.75. The van der Waals surface area contributed by atoms with E-state index in [1.54, 1.807) is 22.9 Å². The molecule has 0 fully saturated rings. The molecular weight excluding hydrogens is 220 g/mol. The van der Waals surface area contributed by atoms with E-state index in [1.807, 2.05) is 13.8 Å². The molecule has 5 nitrogen and oxygen atoms in total. The Hall–Kier alpha value is -2.04. The third-order valence-electron chi connectivity index (χ3n) is 2.62. The van der Waals surface area contributed by atoms with Crippen LogP contribution in [0, 0.1) is 0 Å². The standard InChI is InChI=1S/C12H14N2O3/c1-7(2)14-9(6-11(16)17)8-4-3-5-10(15)12(8)13-14/h3-5,7,15H,6H2,1-2H3,(H,16,17). The second-order valence-corrected chi connectivity index (χ2v) is 4.23. The average molecular weight is 234 g/mol. The Bertz CT molecular complexity index is 572. The lowest BCUT2D eigenvalue weighted by Crippen LogP contribution is -2.11. The number of hydrogen-bond acceptors (Lipinski definition) is 3. The minimum absolute atomic E-state index is 0.0520. The van der Waals surface area contributed by atoms with Gasteiger partial charge in [0.2, 0.25) is 0 Å². The summed E-state index contributed by atoms with van der Waals surface area (Å²) in [5.74, 6) is -0.828. The Morgan fingerprint density at radius 1 is 1.47 bits per heavy atom. The predicted octanol–water partition coefficient (Wildman–Crippen LogP) is 1.95. The summed E-state index contributed by atoms with van der Waals surface area (Å²) < 4.78 is 1.65. The van der Waals surface area contributed by atoms with Crippen LogP contribution in [0.1, 0.15) is 25.6 Å². The number of carbonyl (C=O) groups is 1. The first-order chi connectivity index (χ1) is 8.00. The molecule has 0 saturated heterocycles. The van der Waals surface area contributed by atoms with E-state index in [-0.39, 0.29) is 18.2 Å². The lowest BCUT2D eigenvalue weighted by Gasteiger charge is -2.09. The topological polar surface area (TPSA) is 75.3 Å². The average Bonchev–Trinajstić information content (AvgIpc) is 2.58. The highest BCUT2D eigenvalue weighted by Crippen LogP contribution is 2.28. The number of fused-ring (bicyclic) bond motifs is 1. The van der Waals surface area contributed by atoms with Crippen molar-refractivity contribution in [2.24, 2.45) is 0 Å². The smallest absolute Gasteiger partial charge is 0.309 e. The number of aromatic nitrogens is 2. The van der Waals surface area contributed by atoms with Gasteiger partial charge < -0.3 is 10.2 Å². The number of phenolic OH excluding ortho intramolecular Hbond substituents is 1. The second kappa shape index (κ2) is 4.08. The summed E-state index contributed by atoms with van der Waals surface area (Å²) in [6, 6.07) is 5.07. The fraction of sp³-hybridized carbons (Fsp3) is 0.333. The quantitative estimate of drug-likeness (QED) is 0.851. The van der Waals surface area contributed by atoms with E-state index >= 15 is 0 Å². The van der Waals surface area contributed by atoms with Gasteiger partial charge in [0, 0.05) is 11.4 Å². The van der Waals surface area contributed by atoms with Crippen LogP contribution in [-0.2, 0) is 11.2 Å². The van der Waals surface area contributed by atoms with Crippen LogP contribution < -0.4 is 0 Å². The largest absolute Gasteiger partial charge is 0.506 e. The van der Waals surface area contributed by atoms with E-state index in [2.05, 4.69) is 5.10 Å². The van der Waals surface area contributed by atoms with E-state index in [4.69, 9.17) is 5.11 Å². The number of phenols is 1. The molecule has 1 aromatic carbocycles. The zero-order valence-corrected chi connectivity index (χ0v) is 9.71. The van der Waals surface area contributed by atoms with Crippen LogP contribution in [0.15, 0.2) is 18.2 Å². The highest BCUT2D eigenvalue weighted by molar-refractivity contribution is 5.89. The molecule has 1 heterocycles. The molecule has 0 saturated carbocycles. The number of carboxylic acids is 1. The number of carboxylic acid groups (broad SMARTS) is 1. The number of aromatic hydroxyl groups is 1. The number of hydrogen-bond donors (Lipinski definition) is 2. The van der Waals surface area contributed by atoms with E-state index in [0.717, 1.165) is 0 Å². The summed E-state index contributed by atoms with van der Waals surface area (Å²) in [7, 11) is 0. The molecule has 90 valence electrons. The van der Waals surface area contributed by atoms with Crippen molar-refractivity contribution in [2.75, 3.05) is 0 Å². The van der Waals surface area contributed by atoms with Gasteiger partial charge in [-0.2, -0.15) is 5.10 Å². The lowest BCUT2D eigenvalue weighted by molar-refractivity contribution is -0.136. The van der Waals surface area contributed by atoms with Crippen LogP contribution in [0.3, 0.4) is 0 Å². The zero-order valence-electron chi connectivity index (χ0n) is 9.71. The van der Waals surface area contributed by atoms with Gasteiger partial charge in [0.15, 0.2) is 0 Å². The summed E-state index contributed by atoms with van der Waals surface area (Å²) in [5.41, 5.74) is 1.08. The third kappa shape index (κ3) is 1.95. The van der Waals surface area contributed by atoms with Crippen LogP contribution in [0.25, 0.3) is 10.9 Å². The Labute approximate surface area is 98.3 Å². The Morgan fingerprint density at radius 3 is 2.76 bits per heavy atom. The predicted molar refractivity (Wildman–Crippen MR) is 63.1 cm³/mol. The lowest BCUT2D eigenvalue weighted by atomic mass is 10.1. The van der Waals surface area contributed by atoms with Crippen LogP contribution >= 0.6 is 0 Å². The molecule has 0 unspecified atom stereocenters. The molecule has 5 heteroatoms. The van der Waals surface area contributed by atoms with Crippen molar-refractivity contribution in [3.63, 3.8) is 0 Å². The van der Waals surface area contributed by atoms with E-state index in [0.29, 0.717) is 16.6 Å². The third-order valence-corrected chi connectivity index (χ3v) is 2.62. The minimum Gasteiger partial charge on any atom is -0.506 e. The fourth-order valence-corrected chi connectivity index (χ4v) is 1.91. The number of rotatable bonds is 3. The van der Waals surface area contributed by atoms with Crippen molar-refractivity contribution >= 4 is 16.9 Å². The molecule has 0 radical (unpaired) electrons. The molecule has 0 aliphatic rings. The summed E-state index contributed by atoms with van der Waals surface area (Å²) in [6.45, 7) is 3.85. The molecule has 2 N–H and O–H groups in total. The minimum atomic E-state index is -0.906. The fourth-order valence-electron chi connectivity index (χ4n) is 1.91. The highest BCUT2D eigenvalue weighted by atomic mass is 16.4. The molecule has 0 amide bonds. The Balaban J connectivity index is 2.71. The second-order valence-electron chi connectivity index (χ2n) is 4.23. The summed E-state index contributed by atoms with van der Waals surface area (Å²) in [6.07, 6.45) is -0.0991. The van der Waals surface area contributed by atoms with Gasteiger partial charge in [-0.15, -0.1) is 0 Å². The van der Waals surface area contributed by atoms with Crippen molar-refractivity contribution in [2.45, 2.75) is 26.3 Å². The first-order valence-corrected chi connectivity index (χ1v) is 5.41. The van der Waals surface area contributed by atoms with Crippen molar-refractivity contribution < 1.29 is 15.0 Å². The van der Waals surface area contributed by atoms with Crippen molar-refractivity contribution in [1.82, 2.24) is 9.78 Å². The van der Waals surface area contributed by atoms with E-state index in [1.165, 1.54) is 0 Å². The van der Waals surface area contributed by atoms with Gasteiger partial charge in [0.05, 0.1) is 12.1 Å². The Morgan fingerprint density at radius 2 is 2.18 bits per heavy atom. The van der Waals surface area contributed by atoms with E-state index < -0.39 is 5.97 Å². The van der Waals surface area contributed by atoms with Gasteiger partial charge in [-0.25, -0.2) is 0 Å². The number of benzene rings is 1. The first-order valence-electron chi connectivity index (χ1n) is 5.41. The summed E-state index contributed by atoms with van der Waals surface area (Å²) in [5, 5.41) is 23.6. The van der Waals surface area contributed by atoms with Gasteiger partial charge in [0.1, 0.15) is 11.3 Å². The molecule has 1 aromatic heterocycles. The summed E-state index contributed by atoms with van der Waals surface area (Å²) >= 11 is 0. The van der Waals surface area contributed by atoms with E-state index in [9.17, 15) is 9.90 Å². The summed E-state index contributed by atoms with van der Waals surface area (Å²) in [4.78, 5) is 10.9. The molecular formula is C12H14N2O3. The molecule has 0 aliphatic heterocycles. The molecule has 0 spiro atoms.